The molecule has 5 rings (SSSR count). The largest absolute Gasteiger partial charge is 0.465 e. The summed E-state index contributed by atoms with van der Waals surface area (Å²) in [6.45, 7) is 3.40. The minimum absolute atomic E-state index is 0.00956. The lowest BCUT2D eigenvalue weighted by molar-refractivity contribution is 0.0570. The van der Waals surface area contributed by atoms with Gasteiger partial charge in [-0.1, -0.05) is 24.3 Å². The monoisotopic (exact) mass is 355 g/mol. The summed E-state index contributed by atoms with van der Waals surface area (Å²) in [4.78, 5) is 16.0. The molecule has 1 spiro atoms. The van der Waals surface area contributed by atoms with Crippen molar-refractivity contribution in [2.45, 2.75) is 68.6 Å². The molecule has 140 valence electrons. The Balaban J connectivity index is 1.35. The zero-order valence-electron chi connectivity index (χ0n) is 15.4. The van der Waals surface area contributed by atoms with Crippen LogP contribution in [0.25, 0.3) is 0 Å². The Morgan fingerprint density at radius 1 is 1.12 bits per heavy atom. The molecular formula is C21H29N3O2. The highest BCUT2D eigenvalue weighted by molar-refractivity contribution is 5.66. The maximum absolute atomic E-state index is 11.7. The highest BCUT2D eigenvalue weighted by atomic mass is 16.4. The zero-order chi connectivity index (χ0) is 17.7. The lowest BCUT2D eigenvalue weighted by Gasteiger charge is -2.50. The van der Waals surface area contributed by atoms with Gasteiger partial charge in [0.2, 0.25) is 0 Å². The van der Waals surface area contributed by atoms with E-state index in [1.165, 1.54) is 36.8 Å². The standard InChI is InChI=1S/C21H29N3O2/c25-20(26)24-13-15-3-1-2-4-19(15)21(14-24)7-9-23(10-8-21)18-11-16-5-6-17(12-18)22-16/h1-4,16-18,22H,5-14H2,(H,25,26). The first-order valence-electron chi connectivity index (χ1n) is 10.2. The minimum Gasteiger partial charge on any atom is -0.465 e. The van der Waals surface area contributed by atoms with Gasteiger partial charge < -0.3 is 20.2 Å². The van der Waals surface area contributed by atoms with E-state index in [0.29, 0.717) is 13.1 Å². The van der Waals surface area contributed by atoms with E-state index in [1.54, 1.807) is 4.90 Å². The number of nitrogens with zero attached hydrogens (tertiary/aromatic N) is 2. The van der Waals surface area contributed by atoms with E-state index in [4.69, 9.17) is 0 Å². The minimum atomic E-state index is -0.781. The molecule has 26 heavy (non-hydrogen) atoms. The summed E-state index contributed by atoms with van der Waals surface area (Å²) in [5, 5.41) is 13.4. The summed E-state index contributed by atoms with van der Waals surface area (Å²) < 4.78 is 0. The topological polar surface area (TPSA) is 55.8 Å². The van der Waals surface area contributed by atoms with Crippen LogP contribution < -0.4 is 5.32 Å². The number of hydrogen-bond donors (Lipinski definition) is 2. The molecule has 0 radical (unpaired) electrons. The van der Waals surface area contributed by atoms with Crippen molar-refractivity contribution in [3.8, 4) is 0 Å². The van der Waals surface area contributed by atoms with Crippen molar-refractivity contribution < 1.29 is 9.90 Å². The lowest BCUT2D eigenvalue weighted by Crippen LogP contribution is -2.56. The second-order valence-corrected chi connectivity index (χ2v) is 8.88. The molecule has 2 N–H and O–H groups in total. The fraction of sp³-hybridized carbons (Fsp3) is 0.667. The number of rotatable bonds is 1. The van der Waals surface area contributed by atoms with Crippen molar-refractivity contribution in [1.29, 1.82) is 0 Å². The van der Waals surface area contributed by atoms with Gasteiger partial charge >= 0.3 is 6.09 Å². The fourth-order valence-corrected chi connectivity index (χ4v) is 6.09. The Bertz CT molecular complexity index is 686. The van der Waals surface area contributed by atoms with Crippen LogP contribution >= 0.6 is 0 Å². The van der Waals surface area contributed by atoms with Gasteiger partial charge in [0.1, 0.15) is 0 Å². The van der Waals surface area contributed by atoms with Crippen molar-refractivity contribution >= 4 is 6.09 Å². The Morgan fingerprint density at radius 3 is 2.50 bits per heavy atom. The molecule has 5 heteroatoms. The van der Waals surface area contributed by atoms with E-state index in [9.17, 15) is 9.90 Å². The SMILES string of the molecule is O=C(O)N1Cc2ccccc2C2(CCN(C3CC4CCC(C3)N4)CC2)C1. The molecule has 3 saturated heterocycles. The maximum atomic E-state index is 11.7. The number of likely N-dealkylation sites (tertiary alicyclic amines) is 1. The van der Waals surface area contributed by atoms with E-state index < -0.39 is 6.09 Å². The van der Waals surface area contributed by atoms with E-state index >= 15 is 0 Å². The third-order valence-electron chi connectivity index (χ3n) is 7.43. The normalized spacial score (nSPS) is 33.2. The number of nitrogens with one attached hydrogen (secondary N) is 1. The van der Waals surface area contributed by atoms with E-state index in [1.807, 2.05) is 6.07 Å². The predicted molar refractivity (Wildman–Crippen MR) is 100 cm³/mol. The Labute approximate surface area is 155 Å². The van der Waals surface area contributed by atoms with Crippen molar-refractivity contribution in [2.24, 2.45) is 0 Å². The summed E-state index contributed by atoms with van der Waals surface area (Å²) in [6, 6.07) is 10.7. The molecule has 1 amide bonds. The van der Waals surface area contributed by atoms with Crippen molar-refractivity contribution in [3.63, 3.8) is 0 Å². The highest BCUT2D eigenvalue weighted by Crippen LogP contribution is 2.43. The molecule has 2 unspecified atom stereocenters. The summed E-state index contributed by atoms with van der Waals surface area (Å²) in [6.07, 6.45) is 6.65. The third kappa shape index (κ3) is 2.72. The Hall–Kier alpha value is -1.59. The van der Waals surface area contributed by atoms with Gasteiger partial charge in [0.15, 0.2) is 0 Å². The van der Waals surface area contributed by atoms with Crippen LogP contribution in [-0.4, -0.2) is 58.8 Å². The summed E-state index contributed by atoms with van der Waals surface area (Å²) in [5.74, 6) is 0. The molecule has 0 aliphatic carbocycles. The molecule has 4 heterocycles. The molecule has 0 aromatic heterocycles. The van der Waals surface area contributed by atoms with Crippen LogP contribution in [0.4, 0.5) is 4.79 Å². The van der Waals surface area contributed by atoms with Crippen LogP contribution in [0.1, 0.15) is 49.7 Å². The third-order valence-corrected chi connectivity index (χ3v) is 7.43. The first-order valence-corrected chi connectivity index (χ1v) is 10.2. The predicted octanol–water partition coefficient (Wildman–Crippen LogP) is 2.80. The van der Waals surface area contributed by atoms with Crippen molar-refractivity contribution in [3.05, 3.63) is 35.4 Å². The van der Waals surface area contributed by atoms with E-state index in [2.05, 4.69) is 28.4 Å². The lowest BCUT2D eigenvalue weighted by atomic mass is 9.68. The zero-order valence-corrected chi connectivity index (χ0v) is 15.4. The summed E-state index contributed by atoms with van der Waals surface area (Å²) in [7, 11) is 0. The summed E-state index contributed by atoms with van der Waals surface area (Å²) >= 11 is 0. The maximum Gasteiger partial charge on any atom is 0.407 e. The highest BCUT2D eigenvalue weighted by Gasteiger charge is 2.45. The fourth-order valence-electron chi connectivity index (χ4n) is 6.09. The molecular weight excluding hydrogens is 326 g/mol. The quantitative estimate of drug-likeness (QED) is 0.813. The van der Waals surface area contributed by atoms with Gasteiger partial charge in [0.05, 0.1) is 0 Å². The molecule has 2 atom stereocenters. The van der Waals surface area contributed by atoms with Gasteiger partial charge in [0, 0.05) is 36.6 Å². The van der Waals surface area contributed by atoms with Crippen LogP contribution in [0.15, 0.2) is 24.3 Å². The van der Waals surface area contributed by atoms with Crippen LogP contribution in [0.5, 0.6) is 0 Å². The average Bonchev–Trinajstić information content (AvgIpc) is 3.00. The van der Waals surface area contributed by atoms with Crippen LogP contribution in [0.2, 0.25) is 0 Å². The number of amides is 1. The number of benzene rings is 1. The number of carbonyl (C=O) groups is 1. The van der Waals surface area contributed by atoms with Gasteiger partial charge in [-0.2, -0.15) is 0 Å². The van der Waals surface area contributed by atoms with Gasteiger partial charge in [-0.15, -0.1) is 0 Å². The van der Waals surface area contributed by atoms with Crippen LogP contribution in [0, 0.1) is 0 Å². The molecule has 0 saturated carbocycles. The van der Waals surface area contributed by atoms with Gasteiger partial charge in [-0.05, 0) is 62.7 Å². The Kier molecular flexibility index (Phi) is 3.98. The van der Waals surface area contributed by atoms with Gasteiger partial charge in [-0.25, -0.2) is 4.79 Å². The molecule has 3 fully saturated rings. The first-order chi connectivity index (χ1) is 12.6. The van der Waals surface area contributed by atoms with Gasteiger partial charge in [0.25, 0.3) is 0 Å². The molecule has 4 aliphatic rings. The second-order valence-electron chi connectivity index (χ2n) is 8.88. The molecule has 2 bridgehead atoms. The smallest absolute Gasteiger partial charge is 0.407 e. The second kappa shape index (κ2) is 6.24. The molecule has 5 nitrogen and oxygen atoms in total. The van der Waals surface area contributed by atoms with Gasteiger partial charge in [-0.3, -0.25) is 0 Å². The van der Waals surface area contributed by atoms with E-state index in [0.717, 1.165) is 44.1 Å². The molecule has 1 aromatic rings. The Morgan fingerprint density at radius 2 is 1.81 bits per heavy atom. The van der Waals surface area contributed by atoms with Crippen LogP contribution in [-0.2, 0) is 12.0 Å². The number of carboxylic acid groups (broad SMARTS) is 1. The number of piperidine rings is 2. The van der Waals surface area contributed by atoms with Crippen molar-refractivity contribution in [1.82, 2.24) is 15.1 Å². The summed E-state index contributed by atoms with van der Waals surface area (Å²) in [5.41, 5.74) is 2.62. The van der Waals surface area contributed by atoms with E-state index in [-0.39, 0.29) is 5.41 Å². The molecule has 4 aliphatic heterocycles. The first kappa shape index (κ1) is 16.6. The average molecular weight is 355 g/mol. The van der Waals surface area contributed by atoms with Crippen molar-refractivity contribution in [2.75, 3.05) is 19.6 Å². The molecule has 1 aromatic carbocycles. The number of hydrogen-bond acceptors (Lipinski definition) is 3. The number of fused-ring (bicyclic) bond motifs is 4. The van der Waals surface area contributed by atoms with Crippen LogP contribution in [0.3, 0.4) is 0 Å².